The maximum Gasteiger partial charge on any atom is 0.328 e. The van der Waals surface area contributed by atoms with E-state index in [2.05, 4.69) is 15.4 Å². The minimum atomic E-state index is -0.978. The number of imidazole rings is 1. The second-order valence-corrected chi connectivity index (χ2v) is 5.35. The van der Waals surface area contributed by atoms with Gasteiger partial charge in [0.05, 0.1) is 18.5 Å². The SMILES string of the molecule is COCCNc1ccc2ncc(-c3cccc(/C=C/C(=O)O)c3)n2n1. The van der Waals surface area contributed by atoms with E-state index in [4.69, 9.17) is 9.84 Å². The number of aliphatic carboxylic acids is 1. The van der Waals surface area contributed by atoms with Gasteiger partial charge in [0.25, 0.3) is 0 Å². The van der Waals surface area contributed by atoms with Crippen molar-refractivity contribution < 1.29 is 14.6 Å². The third kappa shape index (κ3) is 4.02. The number of ether oxygens (including phenoxy) is 1. The van der Waals surface area contributed by atoms with Gasteiger partial charge in [-0.2, -0.15) is 0 Å². The van der Waals surface area contributed by atoms with Gasteiger partial charge < -0.3 is 15.2 Å². The van der Waals surface area contributed by atoms with Crippen molar-refractivity contribution in [3.63, 3.8) is 0 Å². The van der Waals surface area contributed by atoms with Gasteiger partial charge >= 0.3 is 5.97 Å². The smallest absolute Gasteiger partial charge is 0.328 e. The molecular weight excluding hydrogens is 320 g/mol. The second-order valence-electron chi connectivity index (χ2n) is 5.35. The first-order chi connectivity index (χ1) is 12.2. The number of anilines is 1. The molecular formula is C18H18N4O3. The summed E-state index contributed by atoms with van der Waals surface area (Å²) in [6.45, 7) is 1.25. The zero-order chi connectivity index (χ0) is 17.6. The van der Waals surface area contributed by atoms with Crippen LogP contribution in [-0.4, -0.2) is 45.9 Å². The third-order valence-electron chi connectivity index (χ3n) is 3.58. The molecule has 0 saturated heterocycles. The summed E-state index contributed by atoms with van der Waals surface area (Å²) < 4.78 is 6.78. The fraction of sp³-hybridized carbons (Fsp3) is 0.167. The van der Waals surface area contributed by atoms with Gasteiger partial charge in [-0.15, -0.1) is 5.10 Å². The number of aromatic nitrogens is 3. The van der Waals surface area contributed by atoms with Crippen LogP contribution in [-0.2, 0) is 9.53 Å². The van der Waals surface area contributed by atoms with Gasteiger partial charge in [0.1, 0.15) is 5.82 Å². The molecule has 0 unspecified atom stereocenters. The van der Waals surface area contributed by atoms with Crippen molar-refractivity contribution >= 4 is 23.5 Å². The number of benzene rings is 1. The van der Waals surface area contributed by atoms with E-state index in [0.717, 1.165) is 34.4 Å². The van der Waals surface area contributed by atoms with Crippen LogP contribution in [0.5, 0.6) is 0 Å². The van der Waals surface area contributed by atoms with E-state index in [9.17, 15) is 4.79 Å². The van der Waals surface area contributed by atoms with Gasteiger partial charge in [0, 0.05) is 25.3 Å². The van der Waals surface area contributed by atoms with Crippen molar-refractivity contribution in [1.82, 2.24) is 14.6 Å². The number of carboxylic acid groups (broad SMARTS) is 1. The average molecular weight is 338 g/mol. The molecule has 3 rings (SSSR count). The molecule has 0 bridgehead atoms. The summed E-state index contributed by atoms with van der Waals surface area (Å²) >= 11 is 0. The van der Waals surface area contributed by atoms with Crippen LogP contribution in [0.15, 0.2) is 48.7 Å². The van der Waals surface area contributed by atoms with Crippen LogP contribution in [0.2, 0.25) is 0 Å². The molecule has 2 aromatic heterocycles. The Morgan fingerprint density at radius 3 is 3.04 bits per heavy atom. The summed E-state index contributed by atoms with van der Waals surface area (Å²) in [4.78, 5) is 15.1. The Hall–Kier alpha value is -3.19. The fourth-order valence-electron chi connectivity index (χ4n) is 2.41. The minimum Gasteiger partial charge on any atom is -0.478 e. The van der Waals surface area contributed by atoms with E-state index < -0.39 is 5.97 Å². The van der Waals surface area contributed by atoms with E-state index in [0.29, 0.717) is 13.2 Å². The molecule has 0 radical (unpaired) electrons. The van der Waals surface area contributed by atoms with Gasteiger partial charge in [0.15, 0.2) is 5.65 Å². The number of rotatable bonds is 7. The first-order valence-corrected chi connectivity index (χ1v) is 7.76. The van der Waals surface area contributed by atoms with Crippen LogP contribution in [0.25, 0.3) is 23.0 Å². The number of nitrogens with zero attached hydrogens (tertiary/aromatic N) is 3. The predicted molar refractivity (Wildman–Crippen MR) is 95.5 cm³/mol. The molecule has 0 aliphatic heterocycles. The van der Waals surface area contributed by atoms with Gasteiger partial charge in [-0.05, 0) is 29.8 Å². The predicted octanol–water partition coefficient (Wildman–Crippen LogP) is 2.55. The quantitative estimate of drug-likeness (QED) is 0.508. The highest BCUT2D eigenvalue weighted by Gasteiger charge is 2.08. The van der Waals surface area contributed by atoms with Crippen LogP contribution < -0.4 is 5.32 Å². The molecule has 7 heteroatoms. The maximum atomic E-state index is 10.7. The highest BCUT2D eigenvalue weighted by molar-refractivity contribution is 5.85. The van der Waals surface area contributed by atoms with E-state index in [-0.39, 0.29) is 0 Å². The summed E-state index contributed by atoms with van der Waals surface area (Å²) in [5, 5.41) is 16.5. The Labute approximate surface area is 144 Å². The molecule has 0 aliphatic carbocycles. The molecule has 2 N–H and O–H groups in total. The topological polar surface area (TPSA) is 88.8 Å². The van der Waals surface area contributed by atoms with Crippen LogP contribution in [0.3, 0.4) is 0 Å². The first-order valence-electron chi connectivity index (χ1n) is 7.76. The normalized spacial score (nSPS) is 11.2. The van der Waals surface area contributed by atoms with Crippen molar-refractivity contribution in [2.24, 2.45) is 0 Å². The average Bonchev–Trinajstić information content (AvgIpc) is 3.04. The van der Waals surface area contributed by atoms with Crippen LogP contribution >= 0.6 is 0 Å². The van der Waals surface area contributed by atoms with Crippen LogP contribution in [0, 0.1) is 0 Å². The third-order valence-corrected chi connectivity index (χ3v) is 3.58. The maximum absolute atomic E-state index is 10.7. The molecule has 128 valence electrons. The summed E-state index contributed by atoms with van der Waals surface area (Å²) in [6.07, 6.45) is 4.42. The summed E-state index contributed by atoms with van der Waals surface area (Å²) in [5.74, 6) is -0.251. The van der Waals surface area contributed by atoms with Gasteiger partial charge in [-0.3, -0.25) is 0 Å². The second kappa shape index (κ2) is 7.59. The first kappa shape index (κ1) is 16.7. The number of nitrogens with one attached hydrogen (secondary N) is 1. The van der Waals surface area contributed by atoms with E-state index in [1.165, 1.54) is 0 Å². The molecule has 25 heavy (non-hydrogen) atoms. The molecule has 0 amide bonds. The Bertz CT molecular complexity index is 918. The highest BCUT2D eigenvalue weighted by Crippen LogP contribution is 2.22. The zero-order valence-corrected chi connectivity index (χ0v) is 13.7. The Morgan fingerprint density at radius 2 is 2.24 bits per heavy atom. The van der Waals surface area contributed by atoms with Crippen LogP contribution in [0.1, 0.15) is 5.56 Å². The lowest BCUT2D eigenvalue weighted by Gasteiger charge is -2.07. The van der Waals surface area contributed by atoms with Gasteiger partial charge in [-0.25, -0.2) is 14.3 Å². The summed E-state index contributed by atoms with van der Waals surface area (Å²) in [7, 11) is 1.65. The lowest BCUT2D eigenvalue weighted by atomic mass is 10.1. The molecule has 0 atom stereocenters. The van der Waals surface area contributed by atoms with Crippen molar-refractivity contribution in [2.75, 3.05) is 25.6 Å². The van der Waals surface area contributed by atoms with E-state index in [1.807, 2.05) is 36.4 Å². The molecule has 0 saturated carbocycles. The number of methoxy groups -OCH3 is 1. The molecule has 3 aromatic rings. The number of carbonyl (C=O) groups is 1. The minimum absolute atomic E-state index is 0.592. The molecule has 1 aromatic carbocycles. The monoisotopic (exact) mass is 338 g/mol. The van der Waals surface area contributed by atoms with Gasteiger partial charge in [0.2, 0.25) is 0 Å². The summed E-state index contributed by atoms with van der Waals surface area (Å²) in [6, 6.07) is 11.3. The molecule has 7 nitrogen and oxygen atoms in total. The van der Waals surface area contributed by atoms with E-state index >= 15 is 0 Å². The number of fused-ring (bicyclic) bond motifs is 1. The molecule has 0 spiro atoms. The van der Waals surface area contributed by atoms with Crippen molar-refractivity contribution in [3.8, 4) is 11.3 Å². The molecule has 2 heterocycles. The van der Waals surface area contributed by atoms with Gasteiger partial charge in [-0.1, -0.05) is 18.2 Å². The zero-order valence-electron chi connectivity index (χ0n) is 13.7. The lowest BCUT2D eigenvalue weighted by molar-refractivity contribution is -0.131. The van der Waals surface area contributed by atoms with Crippen LogP contribution in [0.4, 0.5) is 5.82 Å². The number of hydrogen-bond donors (Lipinski definition) is 2. The Morgan fingerprint density at radius 1 is 1.36 bits per heavy atom. The number of carboxylic acids is 1. The Balaban J connectivity index is 1.94. The lowest BCUT2D eigenvalue weighted by Crippen LogP contribution is -2.10. The molecule has 0 aliphatic rings. The fourth-order valence-corrected chi connectivity index (χ4v) is 2.41. The largest absolute Gasteiger partial charge is 0.478 e. The molecule has 0 fully saturated rings. The summed E-state index contributed by atoms with van der Waals surface area (Å²) in [5.41, 5.74) is 3.26. The Kier molecular flexibility index (Phi) is 5.06. The highest BCUT2D eigenvalue weighted by atomic mass is 16.5. The van der Waals surface area contributed by atoms with Crippen molar-refractivity contribution in [1.29, 1.82) is 0 Å². The van der Waals surface area contributed by atoms with E-state index in [1.54, 1.807) is 23.9 Å². The standard InChI is InChI=1S/C18H18N4O3/c1-25-10-9-19-16-6-7-17-20-12-15(22(17)21-16)14-4-2-3-13(11-14)5-8-18(23)24/h2-8,11-12H,9-10H2,1H3,(H,19,21)(H,23,24)/b8-5+. The van der Waals surface area contributed by atoms with Crippen molar-refractivity contribution in [2.45, 2.75) is 0 Å². The van der Waals surface area contributed by atoms with Crippen molar-refractivity contribution in [3.05, 3.63) is 54.2 Å². The number of hydrogen-bond acceptors (Lipinski definition) is 5.